The highest BCUT2D eigenvalue weighted by Gasteiger charge is 2.11. The Morgan fingerprint density at radius 3 is 2.64 bits per heavy atom. The van der Waals surface area contributed by atoms with Gasteiger partial charge in [0.25, 0.3) is 5.91 Å². The van der Waals surface area contributed by atoms with Crippen LogP contribution in [-0.2, 0) is 4.79 Å². The predicted molar refractivity (Wildman–Crippen MR) is 98.2 cm³/mol. The lowest BCUT2D eigenvalue weighted by atomic mass is 10.2. The summed E-state index contributed by atoms with van der Waals surface area (Å²) in [6.45, 7) is 1.95. The van der Waals surface area contributed by atoms with Gasteiger partial charge >= 0.3 is 5.97 Å². The first-order chi connectivity index (χ1) is 11.9. The Morgan fingerprint density at radius 2 is 2.00 bits per heavy atom. The minimum Gasteiger partial charge on any atom is -0.478 e. The van der Waals surface area contributed by atoms with Gasteiger partial charge in [0.1, 0.15) is 11.6 Å². The molecule has 0 radical (unpaired) electrons. The number of hydrogen-bond acceptors (Lipinski definition) is 4. The lowest BCUT2D eigenvalue weighted by Crippen LogP contribution is -2.15. The van der Waals surface area contributed by atoms with Crippen LogP contribution in [0.25, 0.3) is 0 Å². The zero-order chi connectivity index (χ0) is 18.4. The summed E-state index contributed by atoms with van der Waals surface area (Å²) in [4.78, 5) is 23.1. The van der Waals surface area contributed by atoms with Gasteiger partial charge in [-0.25, -0.2) is 4.79 Å². The van der Waals surface area contributed by atoms with Crippen molar-refractivity contribution in [3.63, 3.8) is 0 Å². The van der Waals surface area contributed by atoms with Crippen molar-refractivity contribution in [1.29, 1.82) is 5.26 Å². The minimum absolute atomic E-state index is 0.0435. The normalized spacial score (nSPS) is 10.7. The van der Waals surface area contributed by atoms with Crippen molar-refractivity contribution < 1.29 is 14.7 Å². The van der Waals surface area contributed by atoms with E-state index in [1.807, 2.05) is 31.2 Å². The van der Waals surface area contributed by atoms with Crippen LogP contribution in [0.4, 0.5) is 11.4 Å². The number of nitrogens with one attached hydrogen (secondary N) is 2. The van der Waals surface area contributed by atoms with E-state index in [0.29, 0.717) is 11.4 Å². The van der Waals surface area contributed by atoms with E-state index in [2.05, 4.69) is 26.6 Å². The average molecular weight is 400 g/mol. The molecule has 0 unspecified atom stereocenters. The fourth-order valence-corrected chi connectivity index (χ4v) is 2.57. The van der Waals surface area contributed by atoms with Crippen molar-refractivity contribution in [2.45, 2.75) is 6.92 Å². The topological polar surface area (TPSA) is 102 Å². The fraction of sp³-hybridized carbons (Fsp3) is 0.0556. The number of carbonyl (C=O) groups is 2. The number of carboxylic acid groups (broad SMARTS) is 1. The molecule has 0 bridgehead atoms. The van der Waals surface area contributed by atoms with Gasteiger partial charge in [-0.15, -0.1) is 0 Å². The van der Waals surface area contributed by atoms with Crippen LogP contribution in [0.15, 0.2) is 58.7 Å². The number of nitrogens with zero attached hydrogens (tertiary/aromatic N) is 1. The van der Waals surface area contributed by atoms with E-state index in [9.17, 15) is 14.9 Å². The van der Waals surface area contributed by atoms with Crippen molar-refractivity contribution in [1.82, 2.24) is 0 Å². The highest BCUT2D eigenvalue weighted by Crippen LogP contribution is 2.23. The third kappa shape index (κ3) is 4.93. The zero-order valence-electron chi connectivity index (χ0n) is 13.2. The van der Waals surface area contributed by atoms with Crippen molar-refractivity contribution in [3.05, 3.63) is 69.8 Å². The average Bonchev–Trinajstić information content (AvgIpc) is 2.57. The van der Waals surface area contributed by atoms with Crippen molar-refractivity contribution in [2.24, 2.45) is 0 Å². The summed E-state index contributed by atoms with van der Waals surface area (Å²) in [5.41, 5.74) is 1.97. The number of aryl methyl sites for hydroxylation is 1. The van der Waals surface area contributed by atoms with E-state index in [1.54, 1.807) is 6.07 Å². The van der Waals surface area contributed by atoms with Gasteiger partial charge in [0.05, 0.1) is 11.3 Å². The van der Waals surface area contributed by atoms with Gasteiger partial charge in [0.2, 0.25) is 0 Å². The largest absolute Gasteiger partial charge is 0.478 e. The minimum atomic E-state index is -1.10. The molecule has 0 heterocycles. The number of nitriles is 1. The van der Waals surface area contributed by atoms with Crippen molar-refractivity contribution >= 4 is 39.2 Å². The number of benzene rings is 2. The molecule has 0 aliphatic rings. The molecule has 0 aliphatic heterocycles. The number of hydrogen-bond donors (Lipinski definition) is 3. The summed E-state index contributed by atoms with van der Waals surface area (Å²) in [6, 6.07) is 13.2. The van der Waals surface area contributed by atoms with Crippen LogP contribution in [0, 0.1) is 18.3 Å². The Labute approximate surface area is 152 Å². The Hall–Kier alpha value is -3.11. The van der Waals surface area contributed by atoms with Crippen LogP contribution in [0.1, 0.15) is 15.9 Å². The molecular weight excluding hydrogens is 386 g/mol. The maximum absolute atomic E-state index is 12.2. The Bertz CT molecular complexity index is 901. The third-order valence-electron chi connectivity index (χ3n) is 3.23. The molecule has 7 heteroatoms. The van der Waals surface area contributed by atoms with Gasteiger partial charge in [-0.1, -0.05) is 12.1 Å². The van der Waals surface area contributed by atoms with Gasteiger partial charge in [-0.05, 0) is 58.7 Å². The van der Waals surface area contributed by atoms with Crippen LogP contribution in [0.3, 0.4) is 0 Å². The van der Waals surface area contributed by atoms with Crippen molar-refractivity contribution in [2.75, 3.05) is 10.6 Å². The number of rotatable bonds is 5. The molecule has 6 nitrogen and oxygen atoms in total. The molecule has 2 aromatic carbocycles. The lowest BCUT2D eigenvalue weighted by Gasteiger charge is -2.07. The molecule has 2 rings (SSSR count). The first kappa shape index (κ1) is 18.2. The molecule has 0 aromatic heterocycles. The van der Waals surface area contributed by atoms with E-state index in [-0.39, 0.29) is 11.1 Å². The number of anilines is 2. The Morgan fingerprint density at radius 1 is 1.24 bits per heavy atom. The molecule has 0 spiro atoms. The summed E-state index contributed by atoms with van der Waals surface area (Å²) < 4.78 is 0.801. The molecule has 126 valence electrons. The Balaban J connectivity index is 2.14. The summed E-state index contributed by atoms with van der Waals surface area (Å²) in [5, 5.41) is 23.6. The molecular formula is C18H14BrN3O3. The molecule has 0 atom stereocenters. The van der Waals surface area contributed by atoms with Gasteiger partial charge in [-0.2, -0.15) is 5.26 Å². The second-order valence-corrected chi connectivity index (χ2v) is 5.99. The van der Waals surface area contributed by atoms with E-state index < -0.39 is 11.9 Å². The quantitative estimate of drug-likeness (QED) is 0.522. The maximum Gasteiger partial charge on any atom is 0.335 e. The fourth-order valence-electron chi connectivity index (χ4n) is 1.96. The first-order valence-electron chi connectivity index (χ1n) is 7.18. The van der Waals surface area contributed by atoms with Crippen LogP contribution in [0.5, 0.6) is 0 Å². The second kappa shape index (κ2) is 8.13. The van der Waals surface area contributed by atoms with Crippen LogP contribution >= 0.6 is 15.9 Å². The van der Waals surface area contributed by atoms with Crippen molar-refractivity contribution in [3.8, 4) is 6.07 Å². The second-order valence-electron chi connectivity index (χ2n) is 5.14. The Kier molecular flexibility index (Phi) is 5.93. The molecule has 3 N–H and O–H groups in total. The van der Waals surface area contributed by atoms with Gasteiger partial charge in [0, 0.05) is 16.4 Å². The first-order valence-corrected chi connectivity index (χ1v) is 7.97. The van der Waals surface area contributed by atoms with Gasteiger partial charge in [0.15, 0.2) is 0 Å². The lowest BCUT2D eigenvalue weighted by molar-refractivity contribution is -0.112. The number of amides is 1. The van der Waals surface area contributed by atoms with E-state index in [4.69, 9.17) is 5.11 Å². The molecule has 0 fully saturated rings. The SMILES string of the molecule is Cc1ccc(N/C=C(/C#N)C(=O)Nc2cccc(C(=O)O)c2)c(Br)c1. The molecule has 2 aromatic rings. The summed E-state index contributed by atoms with van der Waals surface area (Å²) in [6.07, 6.45) is 1.30. The van der Waals surface area contributed by atoms with E-state index >= 15 is 0 Å². The van der Waals surface area contributed by atoms with Crippen LogP contribution < -0.4 is 10.6 Å². The zero-order valence-corrected chi connectivity index (χ0v) is 14.8. The van der Waals surface area contributed by atoms with Crippen LogP contribution in [-0.4, -0.2) is 17.0 Å². The highest BCUT2D eigenvalue weighted by atomic mass is 79.9. The smallest absolute Gasteiger partial charge is 0.335 e. The standard InChI is InChI=1S/C18H14BrN3O3/c1-11-5-6-16(15(19)7-11)21-10-13(9-20)17(23)22-14-4-2-3-12(8-14)18(24)25/h2-8,10,21H,1H3,(H,22,23)(H,24,25)/b13-10-. The van der Waals surface area contributed by atoms with Crippen LogP contribution in [0.2, 0.25) is 0 Å². The monoisotopic (exact) mass is 399 g/mol. The summed E-state index contributed by atoms with van der Waals surface area (Å²) >= 11 is 3.40. The molecule has 0 saturated carbocycles. The van der Waals surface area contributed by atoms with Gasteiger partial charge < -0.3 is 15.7 Å². The molecule has 0 aliphatic carbocycles. The van der Waals surface area contributed by atoms with Gasteiger partial charge in [-0.3, -0.25) is 4.79 Å². The predicted octanol–water partition coefficient (Wildman–Crippen LogP) is 3.91. The summed E-state index contributed by atoms with van der Waals surface area (Å²) in [7, 11) is 0. The molecule has 1 amide bonds. The number of aromatic carboxylic acids is 1. The van der Waals surface area contributed by atoms with E-state index in [1.165, 1.54) is 24.4 Å². The summed E-state index contributed by atoms with van der Waals surface area (Å²) in [5.74, 6) is -1.74. The third-order valence-corrected chi connectivity index (χ3v) is 3.89. The maximum atomic E-state index is 12.2. The molecule has 0 saturated heterocycles. The number of halogens is 1. The highest BCUT2D eigenvalue weighted by molar-refractivity contribution is 9.10. The number of carboxylic acids is 1. The number of carbonyl (C=O) groups excluding carboxylic acids is 1. The molecule has 25 heavy (non-hydrogen) atoms. The van der Waals surface area contributed by atoms with E-state index in [0.717, 1.165) is 10.0 Å².